The minimum Gasteiger partial charge on any atom is -0.472 e. The first-order chi connectivity index (χ1) is 12.4. The van der Waals surface area contributed by atoms with Crippen LogP contribution >= 0.6 is 0 Å². The molecule has 0 radical (unpaired) electrons. The van der Waals surface area contributed by atoms with Gasteiger partial charge in [0, 0.05) is 49.2 Å². The fraction of sp³-hybridized carbons (Fsp3) is 0.750. The highest BCUT2D eigenvalue weighted by Gasteiger charge is 2.64. The molecule has 25 heavy (non-hydrogen) atoms. The third-order valence-corrected chi connectivity index (χ3v) is 6.79. The van der Waals surface area contributed by atoms with Crippen molar-refractivity contribution in [1.29, 1.82) is 0 Å². The van der Waals surface area contributed by atoms with E-state index in [0.29, 0.717) is 30.1 Å². The Bertz CT molecular complexity index is 611. The molecule has 1 N–H and O–H groups in total. The van der Waals surface area contributed by atoms with Gasteiger partial charge < -0.3 is 19.5 Å². The summed E-state index contributed by atoms with van der Waals surface area (Å²) in [6, 6.07) is 4.78. The van der Waals surface area contributed by atoms with Crippen LogP contribution in [0.4, 0.5) is 0 Å². The summed E-state index contributed by atoms with van der Waals surface area (Å²) < 4.78 is 17.4. The molecule has 0 unspecified atom stereocenters. The van der Waals surface area contributed by atoms with Crippen molar-refractivity contribution in [3.05, 3.63) is 23.9 Å². The molecule has 0 aromatic carbocycles. The molecule has 1 aromatic heterocycles. The zero-order valence-corrected chi connectivity index (χ0v) is 14.8. The zero-order chi connectivity index (χ0) is 16.7. The Morgan fingerprint density at radius 2 is 2.16 bits per heavy atom. The van der Waals surface area contributed by atoms with Gasteiger partial charge in [-0.1, -0.05) is 12.8 Å². The number of nitrogens with one attached hydrogen (secondary N) is 1. The molecule has 0 bridgehead atoms. The number of hydrogen-bond donors (Lipinski definition) is 1. The first kappa shape index (κ1) is 16.0. The van der Waals surface area contributed by atoms with E-state index in [0.717, 1.165) is 32.1 Å². The van der Waals surface area contributed by atoms with Gasteiger partial charge in [-0.2, -0.15) is 0 Å². The molecule has 2 saturated heterocycles. The lowest BCUT2D eigenvalue weighted by Crippen LogP contribution is -2.67. The Hall–Kier alpha value is -1.17. The van der Waals surface area contributed by atoms with Crippen molar-refractivity contribution in [1.82, 2.24) is 10.3 Å². The summed E-state index contributed by atoms with van der Waals surface area (Å²) in [4.78, 5) is 4.36. The maximum absolute atomic E-state index is 6.08. The van der Waals surface area contributed by atoms with E-state index in [9.17, 15) is 0 Å². The SMILES string of the molecule is c1cc(CN[C@@H]2[C@@H]3CCO[C@H]3C23CCCC3)cc(O[C@@H]2CCOC2)n1. The Morgan fingerprint density at radius 1 is 1.24 bits per heavy atom. The first-order valence-electron chi connectivity index (χ1n) is 9.89. The topological polar surface area (TPSA) is 52.6 Å². The maximum atomic E-state index is 6.08. The van der Waals surface area contributed by atoms with Crippen LogP contribution < -0.4 is 10.1 Å². The predicted octanol–water partition coefficient (Wildman–Crippen LogP) is 2.69. The molecule has 5 nitrogen and oxygen atoms in total. The van der Waals surface area contributed by atoms with Crippen molar-refractivity contribution >= 4 is 0 Å². The lowest BCUT2D eigenvalue weighted by atomic mass is 9.54. The molecule has 5 heteroatoms. The van der Waals surface area contributed by atoms with Crippen molar-refractivity contribution in [3.63, 3.8) is 0 Å². The summed E-state index contributed by atoms with van der Waals surface area (Å²) >= 11 is 0. The average molecular weight is 344 g/mol. The van der Waals surface area contributed by atoms with Gasteiger partial charge in [0.05, 0.1) is 19.3 Å². The molecule has 4 fully saturated rings. The standard InChI is InChI=1S/C20H28N2O3/c1-2-7-20(6-1)18(16-5-10-24-19(16)20)22-12-14-3-8-21-17(11-14)25-15-4-9-23-13-15/h3,8,11,15-16,18-19,22H,1-2,4-7,9-10,12-13H2/t15-,16+,18-,19-/m1/s1. The summed E-state index contributed by atoms with van der Waals surface area (Å²) in [6.45, 7) is 3.31. The fourth-order valence-corrected chi connectivity index (χ4v) is 5.64. The van der Waals surface area contributed by atoms with Crippen molar-refractivity contribution in [3.8, 4) is 5.88 Å². The first-order valence-corrected chi connectivity index (χ1v) is 9.89. The lowest BCUT2D eigenvalue weighted by molar-refractivity contribution is -0.130. The second kappa shape index (κ2) is 6.53. The summed E-state index contributed by atoms with van der Waals surface area (Å²) in [7, 11) is 0. The molecule has 5 rings (SSSR count). The molecular weight excluding hydrogens is 316 g/mol. The number of fused-ring (bicyclic) bond motifs is 2. The van der Waals surface area contributed by atoms with E-state index >= 15 is 0 Å². The Labute approximate surface area is 149 Å². The highest BCUT2D eigenvalue weighted by molar-refractivity contribution is 5.22. The molecule has 2 aliphatic heterocycles. The predicted molar refractivity (Wildman–Crippen MR) is 93.5 cm³/mol. The van der Waals surface area contributed by atoms with Crippen LogP contribution in [0.25, 0.3) is 0 Å². The van der Waals surface area contributed by atoms with Gasteiger partial charge in [-0.05, 0) is 30.9 Å². The molecular formula is C20H28N2O3. The van der Waals surface area contributed by atoms with Crippen LogP contribution in [-0.2, 0) is 16.0 Å². The van der Waals surface area contributed by atoms with Crippen molar-refractivity contribution in [2.45, 2.75) is 63.3 Å². The average Bonchev–Trinajstić information content (AvgIpc) is 3.36. The minimum absolute atomic E-state index is 0.153. The summed E-state index contributed by atoms with van der Waals surface area (Å²) in [5.41, 5.74) is 1.66. The molecule has 0 amide bonds. The number of rotatable bonds is 5. The molecule has 2 aliphatic carbocycles. The third kappa shape index (κ3) is 2.77. The van der Waals surface area contributed by atoms with Crippen LogP contribution in [0, 0.1) is 11.3 Å². The van der Waals surface area contributed by atoms with E-state index in [2.05, 4.69) is 22.4 Å². The van der Waals surface area contributed by atoms with Gasteiger partial charge in [-0.15, -0.1) is 0 Å². The fourth-order valence-electron chi connectivity index (χ4n) is 5.64. The Balaban J connectivity index is 1.23. The molecule has 1 aromatic rings. The Morgan fingerprint density at radius 3 is 3.00 bits per heavy atom. The van der Waals surface area contributed by atoms with E-state index in [1.165, 1.54) is 37.7 Å². The van der Waals surface area contributed by atoms with Gasteiger partial charge in [0.2, 0.25) is 5.88 Å². The minimum atomic E-state index is 0.153. The van der Waals surface area contributed by atoms with Crippen LogP contribution in [0.1, 0.15) is 44.1 Å². The summed E-state index contributed by atoms with van der Waals surface area (Å²) in [5.74, 6) is 1.44. The van der Waals surface area contributed by atoms with Crippen LogP contribution in [0.2, 0.25) is 0 Å². The number of ether oxygens (including phenoxy) is 3. The van der Waals surface area contributed by atoms with E-state index < -0.39 is 0 Å². The van der Waals surface area contributed by atoms with Gasteiger partial charge in [-0.3, -0.25) is 0 Å². The molecule has 3 heterocycles. The highest BCUT2D eigenvalue weighted by atomic mass is 16.5. The number of nitrogens with zero attached hydrogens (tertiary/aromatic N) is 1. The van der Waals surface area contributed by atoms with E-state index in [4.69, 9.17) is 14.2 Å². The second-order valence-electron chi connectivity index (χ2n) is 8.15. The van der Waals surface area contributed by atoms with Crippen LogP contribution in [0.3, 0.4) is 0 Å². The highest BCUT2D eigenvalue weighted by Crippen LogP contribution is 2.60. The molecule has 136 valence electrons. The van der Waals surface area contributed by atoms with Crippen molar-refractivity contribution < 1.29 is 14.2 Å². The molecule has 4 atom stereocenters. The summed E-state index contributed by atoms with van der Waals surface area (Å²) in [5, 5.41) is 3.87. The molecule has 2 saturated carbocycles. The Kier molecular flexibility index (Phi) is 4.19. The number of aromatic nitrogens is 1. The molecule has 1 spiro atoms. The van der Waals surface area contributed by atoms with Crippen LogP contribution in [-0.4, -0.2) is 43.1 Å². The van der Waals surface area contributed by atoms with Gasteiger partial charge in [-0.25, -0.2) is 4.98 Å². The number of hydrogen-bond acceptors (Lipinski definition) is 5. The second-order valence-corrected chi connectivity index (χ2v) is 8.15. The normalized spacial score (nSPS) is 35.7. The van der Waals surface area contributed by atoms with Gasteiger partial charge in [0.1, 0.15) is 6.10 Å². The van der Waals surface area contributed by atoms with Crippen LogP contribution in [0.15, 0.2) is 18.3 Å². The zero-order valence-electron chi connectivity index (χ0n) is 14.8. The van der Waals surface area contributed by atoms with Gasteiger partial charge in [0.25, 0.3) is 0 Å². The van der Waals surface area contributed by atoms with Gasteiger partial charge in [0.15, 0.2) is 0 Å². The van der Waals surface area contributed by atoms with Crippen molar-refractivity contribution in [2.24, 2.45) is 11.3 Å². The van der Waals surface area contributed by atoms with E-state index in [1.54, 1.807) is 0 Å². The summed E-state index contributed by atoms with van der Waals surface area (Å²) in [6.07, 6.45) is 10.1. The monoisotopic (exact) mass is 344 g/mol. The van der Waals surface area contributed by atoms with E-state index in [1.807, 2.05) is 6.20 Å². The van der Waals surface area contributed by atoms with Gasteiger partial charge >= 0.3 is 0 Å². The quantitative estimate of drug-likeness (QED) is 0.890. The number of pyridine rings is 1. The third-order valence-electron chi connectivity index (χ3n) is 6.79. The maximum Gasteiger partial charge on any atom is 0.213 e. The largest absolute Gasteiger partial charge is 0.472 e. The lowest BCUT2D eigenvalue weighted by Gasteiger charge is -2.57. The molecule has 4 aliphatic rings. The van der Waals surface area contributed by atoms with E-state index in [-0.39, 0.29) is 6.10 Å². The van der Waals surface area contributed by atoms with Crippen molar-refractivity contribution in [2.75, 3.05) is 19.8 Å². The smallest absolute Gasteiger partial charge is 0.213 e. The van der Waals surface area contributed by atoms with Crippen LogP contribution in [0.5, 0.6) is 5.88 Å².